The second kappa shape index (κ2) is 6.69. The molecule has 0 unspecified atom stereocenters. The monoisotopic (exact) mass is 257 g/mol. The molecule has 0 aromatic heterocycles. The maximum atomic E-state index is 5.62. The van der Waals surface area contributed by atoms with Crippen LogP contribution in [0, 0.1) is 6.92 Å². The van der Waals surface area contributed by atoms with Crippen LogP contribution in [0.3, 0.4) is 0 Å². The first-order valence-corrected chi connectivity index (χ1v) is 6.36. The minimum Gasteiger partial charge on any atom is -0.496 e. The van der Waals surface area contributed by atoms with E-state index in [4.69, 9.17) is 9.47 Å². The van der Waals surface area contributed by atoms with Gasteiger partial charge in [0.1, 0.15) is 18.1 Å². The normalized spacial score (nSPS) is 10.0. The van der Waals surface area contributed by atoms with Gasteiger partial charge in [-0.1, -0.05) is 18.2 Å². The van der Waals surface area contributed by atoms with Gasteiger partial charge in [-0.15, -0.1) is 0 Å². The second-order valence-electron chi connectivity index (χ2n) is 4.27. The van der Waals surface area contributed by atoms with Gasteiger partial charge in [0.25, 0.3) is 0 Å². The molecule has 0 saturated carbocycles. The van der Waals surface area contributed by atoms with E-state index in [0.29, 0.717) is 6.61 Å². The Morgan fingerprint density at radius 3 is 2.53 bits per heavy atom. The molecule has 0 aliphatic rings. The van der Waals surface area contributed by atoms with Gasteiger partial charge >= 0.3 is 0 Å². The molecule has 0 saturated heterocycles. The molecule has 19 heavy (non-hydrogen) atoms. The largest absolute Gasteiger partial charge is 0.496 e. The van der Waals surface area contributed by atoms with E-state index in [0.717, 1.165) is 29.3 Å². The van der Waals surface area contributed by atoms with Crippen LogP contribution in [0.5, 0.6) is 11.5 Å². The Kier molecular flexibility index (Phi) is 4.67. The van der Waals surface area contributed by atoms with Crippen LogP contribution in [0.25, 0.3) is 0 Å². The van der Waals surface area contributed by atoms with Crippen molar-refractivity contribution in [2.75, 3.05) is 25.6 Å². The molecule has 2 aromatic carbocycles. The van der Waals surface area contributed by atoms with Crippen LogP contribution < -0.4 is 14.8 Å². The number of para-hydroxylation sites is 1. The SMILES string of the molecule is COc1ccc(NCCOc2ccccc2)cc1C. The van der Waals surface area contributed by atoms with Crippen molar-refractivity contribution in [3.63, 3.8) is 0 Å². The summed E-state index contributed by atoms with van der Waals surface area (Å²) in [5.41, 5.74) is 2.20. The number of hydrogen-bond acceptors (Lipinski definition) is 3. The average molecular weight is 257 g/mol. The summed E-state index contributed by atoms with van der Waals surface area (Å²) in [7, 11) is 1.68. The maximum Gasteiger partial charge on any atom is 0.121 e. The van der Waals surface area contributed by atoms with Gasteiger partial charge in [0.05, 0.1) is 7.11 Å². The van der Waals surface area contributed by atoms with Crippen LogP contribution in [0.4, 0.5) is 5.69 Å². The van der Waals surface area contributed by atoms with Crippen LogP contribution in [0.1, 0.15) is 5.56 Å². The van der Waals surface area contributed by atoms with E-state index in [1.165, 1.54) is 0 Å². The summed E-state index contributed by atoms with van der Waals surface area (Å²) >= 11 is 0. The Morgan fingerprint density at radius 2 is 1.84 bits per heavy atom. The number of ether oxygens (including phenoxy) is 2. The minimum atomic E-state index is 0.634. The third-order valence-corrected chi connectivity index (χ3v) is 2.84. The molecule has 2 rings (SSSR count). The van der Waals surface area contributed by atoms with Crippen molar-refractivity contribution in [3.8, 4) is 11.5 Å². The zero-order valence-electron chi connectivity index (χ0n) is 11.3. The minimum absolute atomic E-state index is 0.634. The summed E-state index contributed by atoms with van der Waals surface area (Å²) in [4.78, 5) is 0. The highest BCUT2D eigenvalue weighted by atomic mass is 16.5. The Balaban J connectivity index is 1.78. The lowest BCUT2D eigenvalue weighted by Gasteiger charge is -2.10. The zero-order chi connectivity index (χ0) is 13.5. The van der Waals surface area contributed by atoms with E-state index >= 15 is 0 Å². The van der Waals surface area contributed by atoms with E-state index in [-0.39, 0.29) is 0 Å². The van der Waals surface area contributed by atoms with E-state index in [1.807, 2.05) is 49.4 Å². The Hall–Kier alpha value is -2.16. The van der Waals surface area contributed by atoms with Crippen molar-refractivity contribution in [2.45, 2.75) is 6.92 Å². The lowest BCUT2D eigenvalue weighted by atomic mass is 10.2. The molecule has 0 atom stereocenters. The zero-order valence-corrected chi connectivity index (χ0v) is 11.3. The highest BCUT2D eigenvalue weighted by molar-refractivity contribution is 5.50. The van der Waals surface area contributed by atoms with Crippen molar-refractivity contribution in [2.24, 2.45) is 0 Å². The number of rotatable bonds is 6. The van der Waals surface area contributed by atoms with Crippen LogP contribution in [-0.2, 0) is 0 Å². The molecule has 0 fully saturated rings. The topological polar surface area (TPSA) is 30.5 Å². The van der Waals surface area contributed by atoms with Gasteiger partial charge in [0, 0.05) is 12.2 Å². The van der Waals surface area contributed by atoms with Gasteiger partial charge in [0.2, 0.25) is 0 Å². The molecule has 100 valence electrons. The van der Waals surface area contributed by atoms with Crippen molar-refractivity contribution in [1.82, 2.24) is 0 Å². The summed E-state index contributed by atoms with van der Waals surface area (Å²) in [6.45, 7) is 3.43. The first-order valence-electron chi connectivity index (χ1n) is 6.36. The highest BCUT2D eigenvalue weighted by Crippen LogP contribution is 2.21. The molecule has 0 bridgehead atoms. The maximum absolute atomic E-state index is 5.62. The smallest absolute Gasteiger partial charge is 0.121 e. The molecule has 0 aliphatic heterocycles. The lowest BCUT2D eigenvalue weighted by molar-refractivity contribution is 0.333. The second-order valence-corrected chi connectivity index (χ2v) is 4.27. The molecule has 3 nitrogen and oxygen atoms in total. The Bertz CT molecular complexity index is 511. The van der Waals surface area contributed by atoms with E-state index in [1.54, 1.807) is 7.11 Å². The van der Waals surface area contributed by atoms with E-state index in [9.17, 15) is 0 Å². The van der Waals surface area contributed by atoms with Gasteiger partial charge in [0.15, 0.2) is 0 Å². The van der Waals surface area contributed by atoms with Crippen molar-refractivity contribution >= 4 is 5.69 Å². The van der Waals surface area contributed by atoms with Gasteiger partial charge in [-0.3, -0.25) is 0 Å². The summed E-state index contributed by atoms with van der Waals surface area (Å²) in [5, 5.41) is 3.33. The summed E-state index contributed by atoms with van der Waals surface area (Å²) < 4.78 is 10.8. The average Bonchev–Trinajstić information content (AvgIpc) is 2.45. The molecule has 1 N–H and O–H groups in total. The summed E-state index contributed by atoms with van der Waals surface area (Å²) in [6, 6.07) is 15.9. The number of benzene rings is 2. The highest BCUT2D eigenvalue weighted by Gasteiger charge is 1.99. The number of methoxy groups -OCH3 is 1. The summed E-state index contributed by atoms with van der Waals surface area (Å²) in [5.74, 6) is 1.81. The molecule has 0 radical (unpaired) electrons. The van der Waals surface area contributed by atoms with E-state index < -0.39 is 0 Å². The number of anilines is 1. The third-order valence-electron chi connectivity index (χ3n) is 2.84. The standard InChI is InChI=1S/C16H19NO2/c1-13-12-14(8-9-16(13)18-2)17-10-11-19-15-6-4-3-5-7-15/h3-9,12,17H,10-11H2,1-2H3. The Morgan fingerprint density at radius 1 is 1.05 bits per heavy atom. The Labute approximate surface area is 114 Å². The third kappa shape index (κ3) is 3.91. The van der Waals surface area contributed by atoms with Crippen molar-refractivity contribution in [3.05, 3.63) is 54.1 Å². The van der Waals surface area contributed by atoms with Crippen molar-refractivity contribution in [1.29, 1.82) is 0 Å². The molecular formula is C16H19NO2. The fraction of sp³-hybridized carbons (Fsp3) is 0.250. The van der Waals surface area contributed by atoms with Crippen LogP contribution in [-0.4, -0.2) is 20.3 Å². The molecule has 0 amide bonds. The van der Waals surface area contributed by atoms with Gasteiger partial charge in [-0.25, -0.2) is 0 Å². The fourth-order valence-corrected chi connectivity index (χ4v) is 1.87. The van der Waals surface area contributed by atoms with Gasteiger partial charge in [-0.05, 0) is 42.8 Å². The molecule has 0 heterocycles. The predicted octanol–water partition coefficient (Wildman–Crippen LogP) is 3.49. The molecule has 3 heteroatoms. The van der Waals surface area contributed by atoms with Gasteiger partial charge in [-0.2, -0.15) is 0 Å². The lowest BCUT2D eigenvalue weighted by Crippen LogP contribution is -2.11. The molecular weight excluding hydrogens is 238 g/mol. The first kappa shape index (κ1) is 13.3. The molecule has 0 spiro atoms. The number of hydrogen-bond donors (Lipinski definition) is 1. The van der Waals surface area contributed by atoms with E-state index in [2.05, 4.69) is 11.4 Å². The predicted molar refractivity (Wildman–Crippen MR) is 78.2 cm³/mol. The number of aryl methyl sites for hydroxylation is 1. The van der Waals surface area contributed by atoms with Gasteiger partial charge < -0.3 is 14.8 Å². The summed E-state index contributed by atoms with van der Waals surface area (Å²) in [6.07, 6.45) is 0. The number of nitrogens with one attached hydrogen (secondary N) is 1. The van der Waals surface area contributed by atoms with Crippen LogP contribution in [0.2, 0.25) is 0 Å². The first-order chi connectivity index (χ1) is 9.29. The quantitative estimate of drug-likeness (QED) is 0.803. The van der Waals surface area contributed by atoms with Crippen LogP contribution in [0.15, 0.2) is 48.5 Å². The fourth-order valence-electron chi connectivity index (χ4n) is 1.87. The molecule has 2 aromatic rings. The van der Waals surface area contributed by atoms with Crippen LogP contribution >= 0.6 is 0 Å². The molecule has 0 aliphatic carbocycles. The van der Waals surface area contributed by atoms with Crippen molar-refractivity contribution < 1.29 is 9.47 Å².